The maximum Gasteiger partial charge on any atom is 0.274 e. The number of nitrogens with zero attached hydrogens (tertiary/aromatic N) is 3. The molecule has 0 bridgehead atoms. The van der Waals surface area contributed by atoms with Gasteiger partial charge in [-0.1, -0.05) is 54.3 Å². The zero-order valence-corrected chi connectivity index (χ0v) is 17.7. The predicted octanol–water partition coefficient (Wildman–Crippen LogP) is 5.16. The van der Waals surface area contributed by atoms with E-state index in [0.717, 1.165) is 16.9 Å². The van der Waals surface area contributed by atoms with Crippen LogP contribution in [0.1, 0.15) is 16.8 Å². The van der Waals surface area contributed by atoms with Crippen molar-refractivity contribution in [2.45, 2.75) is 13.5 Å². The Hall–Kier alpha value is -3.23. The third-order valence-electron chi connectivity index (χ3n) is 4.73. The molecule has 1 fully saturated rings. The molecule has 0 radical (unpaired) electrons. The highest BCUT2D eigenvalue weighted by atomic mass is 32.2. The van der Waals surface area contributed by atoms with Crippen LogP contribution in [0.25, 0.3) is 6.08 Å². The number of amides is 1. The predicted molar refractivity (Wildman–Crippen MR) is 123 cm³/mol. The molecule has 3 aromatic rings. The topological polar surface area (TPSA) is 68.4 Å². The van der Waals surface area contributed by atoms with Gasteiger partial charge in [0.1, 0.15) is 0 Å². The number of carbonyl (C=O) groups excluding carboxylic acids is 1. The lowest BCUT2D eigenvalue weighted by atomic mass is 10.2. The van der Waals surface area contributed by atoms with Crippen LogP contribution in [0.2, 0.25) is 0 Å². The highest BCUT2D eigenvalue weighted by Gasteiger charge is 2.33. The van der Waals surface area contributed by atoms with Crippen molar-refractivity contribution in [2.75, 3.05) is 4.90 Å². The molecule has 1 saturated heterocycles. The quantitative estimate of drug-likeness (QED) is 0.240. The van der Waals surface area contributed by atoms with Crippen molar-refractivity contribution >= 4 is 51.7 Å². The normalized spacial score (nSPS) is 15.2. The van der Waals surface area contributed by atoms with Gasteiger partial charge in [0.25, 0.3) is 11.6 Å². The number of hydrogen-bond acceptors (Lipinski definition) is 5. The van der Waals surface area contributed by atoms with Crippen LogP contribution in [0.5, 0.6) is 0 Å². The molecule has 0 N–H and O–H groups in total. The highest BCUT2D eigenvalue weighted by molar-refractivity contribution is 8.27. The van der Waals surface area contributed by atoms with Gasteiger partial charge in [-0.25, -0.2) is 0 Å². The summed E-state index contributed by atoms with van der Waals surface area (Å²) < 4.78 is 2.36. The van der Waals surface area contributed by atoms with Crippen molar-refractivity contribution in [1.82, 2.24) is 4.57 Å². The average molecular weight is 436 g/mol. The number of nitro benzene ring substituents is 1. The summed E-state index contributed by atoms with van der Waals surface area (Å²) in [6, 6.07) is 18.0. The molecule has 0 unspecified atom stereocenters. The standard InChI is InChI=1S/C22H17N3O3S2/c1-15-6-4-8-18(12-15)24-21(26)20(30-22(24)29)13-17-9-5-11-23(17)14-16-7-2-3-10-19(16)25(27)28/h2-13H,14H2,1H3/b20-13-. The second kappa shape index (κ2) is 8.25. The SMILES string of the molecule is Cc1cccc(N2C(=O)/C(=C/c3cccn3Cc3ccccc3[N+](=O)[O-])SC2=S)c1. The van der Waals surface area contributed by atoms with Crippen molar-refractivity contribution in [2.24, 2.45) is 0 Å². The number of nitro groups is 1. The van der Waals surface area contributed by atoms with E-state index in [0.29, 0.717) is 21.3 Å². The third kappa shape index (κ3) is 3.92. The molecule has 1 aromatic heterocycles. The van der Waals surface area contributed by atoms with Crippen LogP contribution in [0.15, 0.2) is 71.8 Å². The molecule has 6 nitrogen and oxygen atoms in total. The Bertz CT molecular complexity index is 1200. The molecule has 0 saturated carbocycles. The summed E-state index contributed by atoms with van der Waals surface area (Å²) in [7, 11) is 0. The first-order chi connectivity index (χ1) is 14.4. The number of aromatic nitrogens is 1. The molecule has 0 atom stereocenters. The van der Waals surface area contributed by atoms with Gasteiger partial charge >= 0.3 is 0 Å². The molecule has 150 valence electrons. The number of thioether (sulfide) groups is 1. The Morgan fingerprint density at radius 3 is 2.70 bits per heavy atom. The van der Waals surface area contributed by atoms with Crippen LogP contribution in [0.3, 0.4) is 0 Å². The fourth-order valence-corrected chi connectivity index (χ4v) is 4.58. The van der Waals surface area contributed by atoms with Crippen molar-refractivity contribution in [3.8, 4) is 0 Å². The molecule has 1 aliphatic heterocycles. The maximum absolute atomic E-state index is 13.0. The lowest BCUT2D eigenvalue weighted by Gasteiger charge is -2.14. The Labute approximate surface area is 183 Å². The minimum Gasteiger partial charge on any atom is -0.343 e. The van der Waals surface area contributed by atoms with E-state index in [1.54, 1.807) is 24.3 Å². The van der Waals surface area contributed by atoms with Crippen molar-refractivity contribution in [1.29, 1.82) is 0 Å². The first-order valence-corrected chi connectivity index (χ1v) is 10.4. The molecule has 2 aromatic carbocycles. The van der Waals surface area contributed by atoms with E-state index in [9.17, 15) is 14.9 Å². The third-order valence-corrected chi connectivity index (χ3v) is 6.03. The number of thiocarbonyl (C=S) groups is 1. The van der Waals surface area contributed by atoms with E-state index >= 15 is 0 Å². The van der Waals surface area contributed by atoms with E-state index in [4.69, 9.17) is 12.2 Å². The number of para-hydroxylation sites is 1. The lowest BCUT2D eigenvalue weighted by Crippen LogP contribution is -2.27. The summed E-state index contributed by atoms with van der Waals surface area (Å²) in [4.78, 5) is 26.0. The Morgan fingerprint density at radius 2 is 1.93 bits per heavy atom. The summed E-state index contributed by atoms with van der Waals surface area (Å²) in [5, 5.41) is 11.3. The van der Waals surface area contributed by atoms with Crippen molar-refractivity contribution < 1.29 is 9.72 Å². The second-order valence-corrected chi connectivity index (χ2v) is 8.48. The largest absolute Gasteiger partial charge is 0.343 e. The summed E-state index contributed by atoms with van der Waals surface area (Å²) in [5.74, 6) is -0.172. The summed E-state index contributed by atoms with van der Waals surface area (Å²) in [5.41, 5.74) is 3.24. The Morgan fingerprint density at radius 1 is 1.13 bits per heavy atom. The van der Waals surface area contributed by atoms with Gasteiger partial charge in [0.2, 0.25) is 0 Å². The van der Waals surface area contributed by atoms with E-state index < -0.39 is 0 Å². The van der Waals surface area contributed by atoms with Crippen LogP contribution >= 0.6 is 24.0 Å². The number of carbonyl (C=O) groups is 1. The number of rotatable bonds is 5. The van der Waals surface area contributed by atoms with Gasteiger partial charge in [-0.2, -0.15) is 0 Å². The van der Waals surface area contributed by atoms with E-state index in [-0.39, 0.29) is 16.5 Å². The highest BCUT2D eigenvalue weighted by Crippen LogP contribution is 2.36. The molecule has 2 heterocycles. The second-order valence-electron chi connectivity index (χ2n) is 6.80. The van der Waals surface area contributed by atoms with Gasteiger partial charge in [-0.3, -0.25) is 19.8 Å². The monoisotopic (exact) mass is 435 g/mol. The molecule has 4 rings (SSSR count). The summed E-state index contributed by atoms with van der Waals surface area (Å²) in [6.07, 6.45) is 3.62. The van der Waals surface area contributed by atoms with Crippen molar-refractivity contribution in [3.63, 3.8) is 0 Å². The minimum atomic E-state index is -0.383. The number of anilines is 1. The van der Waals surface area contributed by atoms with E-state index in [2.05, 4.69) is 0 Å². The fourth-order valence-electron chi connectivity index (χ4n) is 3.30. The first kappa shape index (κ1) is 20.1. The van der Waals surface area contributed by atoms with Crippen LogP contribution < -0.4 is 4.90 Å². The maximum atomic E-state index is 13.0. The molecule has 30 heavy (non-hydrogen) atoms. The summed E-state index contributed by atoms with van der Waals surface area (Å²) >= 11 is 6.70. The van der Waals surface area contributed by atoms with Gasteiger partial charge in [0, 0.05) is 23.5 Å². The smallest absolute Gasteiger partial charge is 0.274 e. The van der Waals surface area contributed by atoms with Gasteiger partial charge in [-0.05, 0) is 42.8 Å². The number of hydrogen-bond donors (Lipinski definition) is 0. The van der Waals surface area contributed by atoms with Gasteiger partial charge in [0.15, 0.2) is 4.32 Å². The molecule has 8 heteroatoms. The first-order valence-electron chi connectivity index (χ1n) is 9.16. The molecule has 1 aliphatic rings. The van der Waals surface area contributed by atoms with Crippen LogP contribution in [0, 0.1) is 17.0 Å². The fraction of sp³-hybridized carbons (Fsp3) is 0.0909. The van der Waals surface area contributed by atoms with Gasteiger partial charge in [-0.15, -0.1) is 0 Å². The van der Waals surface area contributed by atoms with Gasteiger partial charge < -0.3 is 4.57 Å². The Kier molecular flexibility index (Phi) is 5.52. The zero-order valence-electron chi connectivity index (χ0n) is 16.0. The van der Waals surface area contributed by atoms with E-state index in [1.807, 2.05) is 54.1 Å². The van der Waals surface area contributed by atoms with Crippen LogP contribution in [0.4, 0.5) is 11.4 Å². The van der Waals surface area contributed by atoms with Crippen LogP contribution in [-0.4, -0.2) is 19.7 Å². The molecule has 0 aliphatic carbocycles. The zero-order chi connectivity index (χ0) is 21.3. The van der Waals surface area contributed by atoms with Crippen molar-refractivity contribution in [3.05, 3.63) is 98.7 Å². The molecular formula is C22H17N3O3S2. The number of benzene rings is 2. The number of aryl methyl sites for hydroxylation is 1. The molecule has 1 amide bonds. The average Bonchev–Trinajstić information content (AvgIpc) is 3.26. The minimum absolute atomic E-state index is 0.0721. The van der Waals surface area contributed by atoms with Crippen LogP contribution in [-0.2, 0) is 11.3 Å². The van der Waals surface area contributed by atoms with Gasteiger partial charge in [0.05, 0.1) is 22.1 Å². The molecule has 0 spiro atoms. The lowest BCUT2D eigenvalue weighted by molar-refractivity contribution is -0.385. The molecular weight excluding hydrogens is 418 g/mol. The Balaban J connectivity index is 1.63. The summed E-state index contributed by atoms with van der Waals surface area (Å²) in [6.45, 7) is 2.29. The van der Waals surface area contributed by atoms with E-state index in [1.165, 1.54) is 22.7 Å².